The Labute approximate surface area is 261 Å². The third kappa shape index (κ3) is 10.4. The molecule has 1 fully saturated rings. The van der Waals surface area contributed by atoms with Crippen molar-refractivity contribution in [2.75, 3.05) is 13.1 Å². The van der Waals surface area contributed by atoms with Crippen molar-refractivity contribution in [1.29, 1.82) is 0 Å². The number of alkyl carbamates (subject to hydrolysis) is 1. The van der Waals surface area contributed by atoms with E-state index in [2.05, 4.69) is 15.6 Å². The number of carbonyl (C=O) groups is 2. The zero-order valence-electron chi connectivity index (χ0n) is 26.2. The second kappa shape index (κ2) is 15.8. The monoisotopic (exact) mass is 602 g/mol. The van der Waals surface area contributed by atoms with E-state index in [0.29, 0.717) is 32.4 Å². The van der Waals surface area contributed by atoms with Gasteiger partial charge < -0.3 is 25.2 Å². The number of aryl methyl sites for hydroxylation is 1. The van der Waals surface area contributed by atoms with Gasteiger partial charge in [0.25, 0.3) is 0 Å². The molecule has 1 saturated heterocycles. The van der Waals surface area contributed by atoms with Gasteiger partial charge in [0.2, 0.25) is 5.91 Å². The maximum Gasteiger partial charge on any atom is 0.407 e. The normalized spacial score (nSPS) is 18.7. The van der Waals surface area contributed by atoms with Crippen molar-refractivity contribution in [2.45, 2.75) is 90.0 Å². The van der Waals surface area contributed by atoms with Crippen LogP contribution >= 0.6 is 0 Å². The Bertz CT molecular complexity index is 1330. The molecule has 3 N–H and O–H groups in total. The first-order valence-electron chi connectivity index (χ1n) is 15.3. The van der Waals surface area contributed by atoms with E-state index in [9.17, 15) is 14.7 Å². The largest absolute Gasteiger partial charge is 0.445 e. The number of aliphatic hydroxyl groups is 1. The molecule has 1 aliphatic heterocycles. The molecule has 0 unspecified atom stereocenters. The molecule has 9 heteroatoms. The Morgan fingerprint density at radius 2 is 1.70 bits per heavy atom. The van der Waals surface area contributed by atoms with Crippen molar-refractivity contribution in [2.24, 2.45) is 0 Å². The summed E-state index contributed by atoms with van der Waals surface area (Å²) in [5.74, 6) is -0.105. The topological polar surface area (TPSA) is 113 Å². The minimum Gasteiger partial charge on any atom is -0.445 e. The zero-order chi connectivity index (χ0) is 31.5. The highest BCUT2D eigenvalue weighted by molar-refractivity contribution is 5.82. The Balaban J connectivity index is 1.44. The first-order chi connectivity index (χ1) is 21.1. The third-order valence-corrected chi connectivity index (χ3v) is 7.81. The van der Waals surface area contributed by atoms with Crippen molar-refractivity contribution in [1.82, 2.24) is 20.5 Å². The summed E-state index contributed by atoms with van der Waals surface area (Å²) in [6.45, 7) is 9.17. The lowest BCUT2D eigenvalue weighted by atomic mass is 9.95. The van der Waals surface area contributed by atoms with Gasteiger partial charge in [0.05, 0.1) is 30.9 Å². The molecule has 4 atom stereocenters. The summed E-state index contributed by atoms with van der Waals surface area (Å²) in [6, 6.07) is 20.2. The van der Waals surface area contributed by atoms with Gasteiger partial charge in [-0.25, -0.2) is 4.79 Å². The number of aliphatic hydroxyl groups excluding tert-OH is 1. The van der Waals surface area contributed by atoms with Crippen LogP contribution in [0.5, 0.6) is 0 Å². The second-order valence-electron chi connectivity index (χ2n) is 12.6. The fourth-order valence-electron chi connectivity index (χ4n) is 5.40. The molecule has 236 valence electrons. The number of ether oxygens (including phenoxy) is 2. The lowest BCUT2D eigenvalue weighted by Crippen LogP contribution is -2.59. The van der Waals surface area contributed by atoms with Crippen LogP contribution in [0.2, 0.25) is 0 Å². The maximum atomic E-state index is 13.5. The summed E-state index contributed by atoms with van der Waals surface area (Å²) in [6.07, 6.45) is 3.43. The summed E-state index contributed by atoms with van der Waals surface area (Å²) >= 11 is 0. The first kappa shape index (κ1) is 33.1. The molecule has 1 aromatic heterocycles. The summed E-state index contributed by atoms with van der Waals surface area (Å²) in [7, 11) is 0. The quantitative estimate of drug-likeness (QED) is 0.279. The van der Waals surface area contributed by atoms with Gasteiger partial charge in [-0.3, -0.25) is 14.7 Å². The predicted octanol–water partition coefficient (Wildman–Crippen LogP) is 4.55. The van der Waals surface area contributed by atoms with Gasteiger partial charge in [-0.1, -0.05) is 54.6 Å². The van der Waals surface area contributed by atoms with Crippen LogP contribution in [0.25, 0.3) is 0 Å². The van der Waals surface area contributed by atoms with Crippen LogP contribution in [0.1, 0.15) is 55.9 Å². The van der Waals surface area contributed by atoms with Crippen LogP contribution in [-0.2, 0) is 33.9 Å². The molecule has 4 rings (SSSR count). The molecule has 3 aromatic rings. The van der Waals surface area contributed by atoms with E-state index in [-0.39, 0.29) is 25.2 Å². The van der Waals surface area contributed by atoms with Crippen LogP contribution in [0.4, 0.5) is 4.79 Å². The van der Waals surface area contributed by atoms with Crippen molar-refractivity contribution < 1.29 is 24.2 Å². The average Bonchev–Trinajstić information content (AvgIpc) is 3.00. The lowest BCUT2D eigenvalue weighted by Gasteiger charge is -2.41. The summed E-state index contributed by atoms with van der Waals surface area (Å²) in [5, 5.41) is 17.6. The standard InChI is InChI=1S/C35H46N4O5/c1-25-10-8-9-13-28(25)24-44-34(42)37-30(20-26-11-6-5-7-12-26)32(40)22-39-19-16-29(43-23-27-14-17-36-18-15-27)21-31(39)33(41)38-35(2,3)4/h5-15,17-18,29-32,40H,16,19-24H2,1-4H3,(H,37,42)(H,38,41)/t29-,30+,31+,32-/m1/s1. The Morgan fingerprint density at radius 1 is 1.00 bits per heavy atom. The third-order valence-electron chi connectivity index (χ3n) is 7.81. The highest BCUT2D eigenvalue weighted by Gasteiger charge is 2.37. The van der Waals surface area contributed by atoms with E-state index in [1.807, 2.05) is 99.3 Å². The van der Waals surface area contributed by atoms with Crippen LogP contribution in [-0.4, -0.2) is 69.9 Å². The van der Waals surface area contributed by atoms with Crippen LogP contribution in [0.3, 0.4) is 0 Å². The molecule has 9 nitrogen and oxygen atoms in total. The fourth-order valence-corrected chi connectivity index (χ4v) is 5.40. The van der Waals surface area contributed by atoms with Crippen LogP contribution < -0.4 is 10.6 Å². The SMILES string of the molecule is Cc1ccccc1COC(=O)N[C@@H](Cc1ccccc1)[C@H](O)CN1CC[C@@H](OCc2ccncc2)C[C@H]1C(=O)NC(C)(C)C. The fraction of sp³-hybridized carbons (Fsp3) is 0.457. The highest BCUT2D eigenvalue weighted by Crippen LogP contribution is 2.23. The van der Waals surface area contributed by atoms with Crippen molar-refractivity contribution in [3.05, 3.63) is 101 Å². The zero-order valence-corrected chi connectivity index (χ0v) is 26.2. The van der Waals surface area contributed by atoms with Gasteiger partial charge in [-0.2, -0.15) is 0 Å². The van der Waals surface area contributed by atoms with Gasteiger partial charge in [-0.15, -0.1) is 0 Å². The number of hydrogen-bond donors (Lipinski definition) is 3. The van der Waals surface area contributed by atoms with Gasteiger partial charge in [-0.05, 0) is 81.3 Å². The Morgan fingerprint density at radius 3 is 2.41 bits per heavy atom. The number of hydrogen-bond acceptors (Lipinski definition) is 7. The molecule has 1 aliphatic rings. The number of piperidine rings is 1. The maximum absolute atomic E-state index is 13.5. The molecule has 44 heavy (non-hydrogen) atoms. The number of rotatable bonds is 12. The molecule has 2 aromatic carbocycles. The number of carbonyl (C=O) groups excluding carboxylic acids is 2. The highest BCUT2D eigenvalue weighted by atomic mass is 16.5. The van der Waals surface area contributed by atoms with E-state index in [1.165, 1.54) is 0 Å². The van der Waals surface area contributed by atoms with Gasteiger partial charge in [0.1, 0.15) is 6.61 Å². The minimum atomic E-state index is -0.958. The van der Waals surface area contributed by atoms with E-state index >= 15 is 0 Å². The molecule has 0 radical (unpaired) electrons. The molecule has 0 saturated carbocycles. The van der Waals surface area contributed by atoms with Crippen LogP contribution in [0, 0.1) is 6.92 Å². The second-order valence-corrected chi connectivity index (χ2v) is 12.6. The Kier molecular flexibility index (Phi) is 11.9. The smallest absolute Gasteiger partial charge is 0.407 e. The Hall–Kier alpha value is -3.79. The number of pyridine rings is 1. The molecule has 2 heterocycles. The molecular weight excluding hydrogens is 556 g/mol. The van der Waals surface area contributed by atoms with Gasteiger partial charge >= 0.3 is 6.09 Å². The van der Waals surface area contributed by atoms with Crippen molar-refractivity contribution in [3.8, 4) is 0 Å². The number of nitrogens with one attached hydrogen (secondary N) is 2. The number of likely N-dealkylation sites (tertiary alicyclic amines) is 1. The predicted molar refractivity (Wildman–Crippen MR) is 170 cm³/mol. The van der Waals surface area contributed by atoms with Gasteiger partial charge in [0, 0.05) is 31.0 Å². The average molecular weight is 603 g/mol. The molecule has 2 amide bonds. The number of benzene rings is 2. The number of β-amino-alcohol motifs (C(OH)–C–C–N with tert-alkyl or cyclic N) is 1. The van der Waals surface area contributed by atoms with Crippen molar-refractivity contribution >= 4 is 12.0 Å². The summed E-state index contributed by atoms with van der Waals surface area (Å²) in [5.41, 5.74) is 3.54. The van der Waals surface area contributed by atoms with E-state index in [4.69, 9.17) is 9.47 Å². The van der Waals surface area contributed by atoms with E-state index in [1.54, 1.807) is 12.4 Å². The van der Waals surface area contributed by atoms with Crippen molar-refractivity contribution in [3.63, 3.8) is 0 Å². The van der Waals surface area contributed by atoms with Crippen LogP contribution in [0.15, 0.2) is 79.1 Å². The van der Waals surface area contributed by atoms with E-state index in [0.717, 1.165) is 22.3 Å². The van der Waals surface area contributed by atoms with E-state index < -0.39 is 29.8 Å². The van der Waals surface area contributed by atoms with Gasteiger partial charge in [0.15, 0.2) is 0 Å². The minimum absolute atomic E-state index is 0.105. The molecule has 0 spiro atoms. The summed E-state index contributed by atoms with van der Waals surface area (Å²) < 4.78 is 11.8. The number of amides is 2. The molecule has 0 bridgehead atoms. The molecular formula is C35H46N4O5. The number of aromatic nitrogens is 1. The summed E-state index contributed by atoms with van der Waals surface area (Å²) in [4.78, 5) is 32.5. The number of nitrogens with zero attached hydrogens (tertiary/aromatic N) is 2. The lowest BCUT2D eigenvalue weighted by molar-refractivity contribution is -0.133. The first-order valence-corrected chi connectivity index (χ1v) is 15.3. The molecule has 0 aliphatic carbocycles.